The first kappa shape index (κ1) is 17.4. The summed E-state index contributed by atoms with van der Waals surface area (Å²) in [5.41, 5.74) is 6.16. The molecule has 0 atom stereocenters. The van der Waals surface area contributed by atoms with E-state index in [2.05, 4.69) is 14.8 Å². The van der Waals surface area contributed by atoms with Gasteiger partial charge in [-0.1, -0.05) is 11.6 Å². The van der Waals surface area contributed by atoms with Crippen molar-refractivity contribution in [3.05, 3.63) is 22.7 Å². The summed E-state index contributed by atoms with van der Waals surface area (Å²) in [6.07, 6.45) is -4.38. The summed E-state index contributed by atoms with van der Waals surface area (Å²) >= 11 is 5.95. The van der Waals surface area contributed by atoms with Crippen LogP contribution in [0.1, 0.15) is 10.4 Å². The first-order chi connectivity index (χ1) is 9.74. The van der Waals surface area contributed by atoms with Crippen molar-refractivity contribution in [2.45, 2.75) is 6.18 Å². The summed E-state index contributed by atoms with van der Waals surface area (Å²) in [5, 5.41) is 2.89. The number of halogens is 4. The van der Waals surface area contributed by atoms with E-state index in [1.807, 2.05) is 0 Å². The van der Waals surface area contributed by atoms with Crippen LogP contribution in [0.4, 0.5) is 24.5 Å². The molecule has 0 aliphatic carbocycles. The lowest BCUT2D eigenvalue weighted by molar-refractivity contribution is -0.172. The Morgan fingerprint density at radius 3 is 2.67 bits per heavy atom. The van der Waals surface area contributed by atoms with Gasteiger partial charge in [0, 0.05) is 12.2 Å². The molecule has 118 valence electrons. The Morgan fingerprint density at radius 1 is 1.43 bits per heavy atom. The smallest absolute Gasteiger partial charge is 0.411 e. The third kappa shape index (κ3) is 5.68. The molecule has 9 heteroatoms. The molecule has 0 saturated carbocycles. The maximum atomic E-state index is 11.9. The molecule has 1 aromatic rings. The highest BCUT2D eigenvalue weighted by molar-refractivity contribution is 6.34. The number of esters is 1. The minimum atomic E-state index is -4.38. The average Bonchev–Trinajstić information content (AvgIpc) is 2.37. The van der Waals surface area contributed by atoms with Crippen LogP contribution in [0.15, 0.2) is 12.1 Å². The zero-order valence-corrected chi connectivity index (χ0v) is 11.8. The molecule has 0 aliphatic rings. The van der Waals surface area contributed by atoms with Crippen molar-refractivity contribution in [1.29, 1.82) is 0 Å². The highest BCUT2D eigenvalue weighted by Gasteiger charge is 2.27. The number of nitrogen functional groups attached to an aromatic ring is 1. The van der Waals surface area contributed by atoms with Crippen LogP contribution in [0.25, 0.3) is 0 Å². The molecule has 0 radical (unpaired) electrons. The van der Waals surface area contributed by atoms with Crippen molar-refractivity contribution in [2.75, 3.05) is 37.9 Å². The quantitative estimate of drug-likeness (QED) is 0.477. The molecule has 0 aliphatic heterocycles. The maximum Gasteiger partial charge on any atom is 0.411 e. The molecule has 0 aromatic heterocycles. The van der Waals surface area contributed by atoms with Crippen molar-refractivity contribution in [3.8, 4) is 0 Å². The molecular weight excluding hydrogens is 313 g/mol. The Hall–Kier alpha value is -1.67. The normalized spacial score (nSPS) is 11.3. The summed E-state index contributed by atoms with van der Waals surface area (Å²) in [5.74, 6) is -0.664. The molecule has 0 amide bonds. The predicted octanol–water partition coefficient (Wildman–Crippen LogP) is 2.70. The highest BCUT2D eigenvalue weighted by atomic mass is 35.5. The first-order valence-electron chi connectivity index (χ1n) is 5.80. The summed E-state index contributed by atoms with van der Waals surface area (Å²) in [6.45, 7) is -1.52. The minimum Gasteiger partial charge on any atom is -0.465 e. The van der Waals surface area contributed by atoms with E-state index >= 15 is 0 Å². The number of nitrogens with two attached hydrogens (primary N) is 1. The van der Waals surface area contributed by atoms with Gasteiger partial charge in [0.2, 0.25) is 0 Å². The number of benzene rings is 1. The van der Waals surface area contributed by atoms with Gasteiger partial charge in [0.05, 0.1) is 30.0 Å². The van der Waals surface area contributed by atoms with Gasteiger partial charge < -0.3 is 20.5 Å². The molecule has 3 N–H and O–H groups in total. The number of nitrogens with one attached hydrogen (secondary N) is 1. The maximum absolute atomic E-state index is 11.9. The van der Waals surface area contributed by atoms with Crippen LogP contribution in [0.2, 0.25) is 5.02 Å². The molecular formula is C12H14ClF3N2O3. The molecule has 0 saturated heterocycles. The number of methoxy groups -OCH3 is 1. The van der Waals surface area contributed by atoms with Crippen LogP contribution in [-0.2, 0) is 9.47 Å². The van der Waals surface area contributed by atoms with E-state index in [1.54, 1.807) is 0 Å². The molecule has 0 bridgehead atoms. The van der Waals surface area contributed by atoms with Gasteiger partial charge >= 0.3 is 12.1 Å². The third-order valence-electron chi connectivity index (χ3n) is 2.33. The summed E-state index contributed by atoms with van der Waals surface area (Å²) in [7, 11) is 1.19. The van der Waals surface area contributed by atoms with Gasteiger partial charge in [-0.25, -0.2) is 4.79 Å². The zero-order valence-electron chi connectivity index (χ0n) is 11.1. The third-order valence-corrected chi connectivity index (χ3v) is 2.63. The largest absolute Gasteiger partial charge is 0.465 e. The SMILES string of the molecule is COC(=O)c1cc(N)cc(Cl)c1NCCOCC(F)(F)F. The van der Waals surface area contributed by atoms with Crippen molar-refractivity contribution in [2.24, 2.45) is 0 Å². The number of hydrogen-bond donors (Lipinski definition) is 2. The number of carbonyl (C=O) groups excluding carboxylic acids is 1. The second-order valence-electron chi connectivity index (χ2n) is 4.01. The van der Waals surface area contributed by atoms with Gasteiger partial charge in [0.15, 0.2) is 0 Å². The highest BCUT2D eigenvalue weighted by Crippen LogP contribution is 2.29. The van der Waals surface area contributed by atoms with Crippen LogP contribution in [0, 0.1) is 0 Å². The number of alkyl halides is 3. The summed E-state index contributed by atoms with van der Waals surface area (Å²) in [4.78, 5) is 11.6. The Labute approximate surface area is 124 Å². The zero-order chi connectivity index (χ0) is 16.0. The van der Waals surface area contributed by atoms with E-state index < -0.39 is 18.8 Å². The predicted molar refractivity (Wildman–Crippen MR) is 72.6 cm³/mol. The van der Waals surface area contributed by atoms with Crippen LogP contribution < -0.4 is 11.1 Å². The molecule has 1 aromatic carbocycles. The van der Waals surface area contributed by atoms with Crippen LogP contribution in [0.3, 0.4) is 0 Å². The van der Waals surface area contributed by atoms with Crippen molar-refractivity contribution in [3.63, 3.8) is 0 Å². The van der Waals surface area contributed by atoms with Crippen LogP contribution in [0.5, 0.6) is 0 Å². The molecule has 0 fully saturated rings. The minimum absolute atomic E-state index is 0.0315. The van der Waals surface area contributed by atoms with Crippen LogP contribution in [-0.4, -0.2) is 39.0 Å². The number of rotatable bonds is 6. The van der Waals surface area contributed by atoms with Gasteiger partial charge in [0.1, 0.15) is 6.61 Å². The summed E-state index contributed by atoms with van der Waals surface area (Å²) in [6, 6.07) is 2.77. The molecule has 21 heavy (non-hydrogen) atoms. The van der Waals surface area contributed by atoms with Gasteiger partial charge in [-0.05, 0) is 12.1 Å². The van der Waals surface area contributed by atoms with E-state index in [0.717, 1.165) is 0 Å². The average molecular weight is 327 g/mol. The Morgan fingerprint density at radius 2 is 2.10 bits per heavy atom. The second-order valence-corrected chi connectivity index (χ2v) is 4.42. The Kier molecular flexibility index (Phi) is 6.10. The van der Waals surface area contributed by atoms with Crippen molar-refractivity contribution >= 4 is 28.9 Å². The molecule has 1 rings (SSSR count). The Balaban J connectivity index is 2.68. The van der Waals surface area contributed by atoms with Crippen molar-refractivity contribution < 1.29 is 27.4 Å². The standard InChI is InChI=1S/C12H14ClF3N2O3/c1-20-11(19)8-4-7(17)5-9(13)10(8)18-2-3-21-6-12(14,15)16/h4-5,18H,2-3,6,17H2,1H3. The number of anilines is 2. The monoisotopic (exact) mass is 326 g/mol. The molecule has 0 heterocycles. The second kappa shape index (κ2) is 7.37. The number of ether oxygens (including phenoxy) is 2. The van der Waals surface area contributed by atoms with E-state index in [1.165, 1.54) is 19.2 Å². The summed E-state index contributed by atoms with van der Waals surface area (Å²) < 4.78 is 44.7. The first-order valence-corrected chi connectivity index (χ1v) is 6.18. The fourth-order valence-electron chi connectivity index (χ4n) is 1.51. The molecule has 0 unspecified atom stereocenters. The topological polar surface area (TPSA) is 73.6 Å². The Bertz CT molecular complexity index is 509. The van der Waals surface area contributed by atoms with E-state index in [0.29, 0.717) is 0 Å². The molecule has 5 nitrogen and oxygen atoms in total. The van der Waals surface area contributed by atoms with Gasteiger partial charge in [-0.3, -0.25) is 0 Å². The lowest BCUT2D eigenvalue weighted by Crippen LogP contribution is -2.20. The fraction of sp³-hybridized carbons (Fsp3) is 0.417. The number of hydrogen-bond acceptors (Lipinski definition) is 5. The van der Waals surface area contributed by atoms with E-state index in [-0.39, 0.29) is 35.1 Å². The lowest BCUT2D eigenvalue weighted by Gasteiger charge is -2.14. The van der Waals surface area contributed by atoms with Crippen LogP contribution >= 0.6 is 11.6 Å². The van der Waals surface area contributed by atoms with E-state index in [9.17, 15) is 18.0 Å². The van der Waals surface area contributed by atoms with E-state index in [4.69, 9.17) is 17.3 Å². The molecule has 0 spiro atoms. The van der Waals surface area contributed by atoms with Gasteiger partial charge in [0.25, 0.3) is 0 Å². The van der Waals surface area contributed by atoms with Crippen molar-refractivity contribution in [1.82, 2.24) is 0 Å². The fourth-order valence-corrected chi connectivity index (χ4v) is 1.81. The lowest BCUT2D eigenvalue weighted by atomic mass is 10.1. The van der Waals surface area contributed by atoms with Gasteiger partial charge in [-0.2, -0.15) is 13.2 Å². The van der Waals surface area contributed by atoms with Gasteiger partial charge in [-0.15, -0.1) is 0 Å². The number of carbonyl (C=O) groups is 1.